The number of nitrogens with zero attached hydrogens (tertiary/aromatic N) is 1. The summed E-state index contributed by atoms with van der Waals surface area (Å²) in [4.78, 5) is 23.8. The SMILES string of the molecule is O=C(O)CC1SC(c2ccccc2)c2c(n[nH]c2-c2ccccc2)NC1=O. The van der Waals surface area contributed by atoms with Gasteiger partial charge in [-0.05, 0) is 11.1 Å². The number of aliphatic carboxylic acids is 1. The first-order chi connectivity index (χ1) is 13.1. The maximum atomic E-state index is 12.6. The van der Waals surface area contributed by atoms with Crippen molar-refractivity contribution in [1.29, 1.82) is 0 Å². The van der Waals surface area contributed by atoms with Crippen molar-refractivity contribution in [1.82, 2.24) is 10.2 Å². The topological polar surface area (TPSA) is 95.1 Å². The number of thioether (sulfide) groups is 1. The van der Waals surface area contributed by atoms with Crippen molar-refractivity contribution in [3.8, 4) is 11.3 Å². The number of H-pyrrole nitrogens is 1. The minimum absolute atomic E-state index is 0.224. The Hall–Kier alpha value is -3.06. The van der Waals surface area contributed by atoms with Gasteiger partial charge < -0.3 is 10.4 Å². The van der Waals surface area contributed by atoms with Crippen LogP contribution in [0.3, 0.4) is 0 Å². The molecule has 1 aliphatic heterocycles. The third-order valence-electron chi connectivity index (χ3n) is 4.43. The molecule has 3 aromatic rings. The first-order valence-electron chi connectivity index (χ1n) is 8.50. The number of rotatable bonds is 4. The van der Waals surface area contributed by atoms with Gasteiger partial charge in [-0.2, -0.15) is 5.10 Å². The van der Waals surface area contributed by atoms with Crippen molar-refractivity contribution >= 4 is 29.5 Å². The highest BCUT2D eigenvalue weighted by Crippen LogP contribution is 2.47. The quantitative estimate of drug-likeness (QED) is 0.642. The van der Waals surface area contributed by atoms with Crippen molar-refractivity contribution in [2.45, 2.75) is 16.9 Å². The zero-order chi connectivity index (χ0) is 18.8. The van der Waals surface area contributed by atoms with Gasteiger partial charge in [0.2, 0.25) is 5.91 Å². The fraction of sp³-hybridized carbons (Fsp3) is 0.150. The number of carbonyl (C=O) groups is 2. The number of nitrogens with one attached hydrogen (secondary N) is 2. The van der Waals surface area contributed by atoms with Crippen LogP contribution in [0.5, 0.6) is 0 Å². The standard InChI is InChI=1S/C20H17N3O3S/c24-15(25)11-14-20(26)21-19-16(18(27-14)13-9-5-2-6-10-13)17(22-23-19)12-7-3-1-4-8-12/h1-10,14,18H,11H2,(H,24,25)(H2,21,22,23,26). The van der Waals surface area contributed by atoms with E-state index in [9.17, 15) is 14.7 Å². The van der Waals surface area contributed by atoms with Crippen LogP contribution in [-0.4, -0.2) is 32.4 Å². The first-order valence-corrected chi connectivity index (χ1v) is 9.44. The smallest absolute Gasteiger partial charge is 0.305 e. The first kappa shape index (κ1) is 17.4. The number of aromatic nitrogens is 2. The van der Waals surface area contributed by atoms with Crippen molar-refractivity contribution in [2.24, 2.45) is 0 Å². The van der Waals surface area contributed by atoms with Crippen LogP contribution < -0.4 is 5.32 Å². The third kappa shape index (κ3) is 3.46. The molecule has 0 spiro atoms. The maximum absolute atomic E-state index is 12.6. The highest BCUT2D eigenvalue weighted by molar-refractivity contribution is 8.01. The number of aromatic amines is 1. The Labute approximate surface area is 160 Å². The molecule has 0 saturated heterocycles. The number of carbonyl (C=O) groups excluding carboxylic acids is 1. The van der Waals surface area contributed by atoms with Gasteiger partial charge >= 0.3 is 5.97 Å². The zero-order valence-electron chi connectivity index (χ0n) is 14.3. The highest BCUT2D eigenvalue weighted by Gasteiger charge is 2.36. The van der Waals surface area contributed by atoms with Crippen LogP contribution in [0.4, 0.5) is 5.82 Å². The molecular formula is C20H17N3O3S. The van der Waals surface area contributed by atoms with Crippen LogP contribution >= 0.6 is 11.8 Å². The van der Waals surface area contributed by atoms with E-state index in [2.05, 4.69) is 15.5 Å². The van der Waals surface area contributed by atoms with Crippen molar-refractivity contribution in [2.75, 3.05) is 5.32 Å². The molecule has 2 atom stereocenters. The molecule has 2 unspecified atom stereocenters. The Morgan fingerprint density at radius 1 is 1.07 bits per heavy atom. The molecule has 2 aromatic carbocycles. The second kappa shape index (κ2) is 7.28. The summed E-state index contributed by atoms with van der Waals surface area (Å²) in [5, 5.41) is 18.4. The molecule has 1 aromatic heterocycles. The van der Waals surface area contributed by atoms with Gasteiger partial charge in [-0.15, -0.1) is 11.8 Å². The number of carboxylic acid groups (broad SMARTS) is 1. The molecule has 1 aliphatic rings. The van der Waals surface area contributed by atoms with Gasteiger partial charge in [-0.1, -0.05) is 60.7 Å². The molecule has 3 N–H and O–H groups in total. The van der Waals surface area contributed by atoms with E-state index in [1.807, 2.05) is 60.7 Å². The van der Waals surface area contributed by atoms with Crippen molar-refractivity contribution in [3.63, 3.8) is 0 Å². The second-order valence-electron chi connectivity index (χ2n) is 6.23. The summed E-state index contributed by atoms with van der Waals surface area (Å²) in [6, 6.07) is 19.5. The lowest BCUT2D eigenvalue weighted by Crippen LogP contribution is -2.26. The fourth-order valence-electron chi connectivity index (χ4n) is 3.19. The van der Waals surface area contributed by atoms with E-state index in [4.69, 9.17) is 0 Å². The lowest BCUT2D eigenvalue weighted by Gasteiger charge is -2.19. The van der Waals surface area contributed by atoms with E-state index in [0.29, 0.717) is 5.82 Å². The molecule has 0 fully saturated rings. The predicted octanol–water partition coefficient (Wildman–Crippen LogP) is 3.69. The minimum atomic E-state index is -1.00. The number of hydrogen-bond acceptors (Lipinski definition) is 4. The summed E-state index contributed by atoms with van der Waals surface area (Å²) >= 11 is 1.35. The van der Waals surface area contributed by atoms with Gasteiger partial charge in [0, 0.05) is 5.56 Å². The van der Waals surface area contributed by atoms with E-state index in [1.165, 1.54) is 11.8 Å². The largest absolute Gasteiger partial charge is 0.481 e. The molecule has 136 valence electrons. The normalized spacial score (nSPS) is 19.0. The summed E-state index contributed by atoms with van der Waals surface area (Å²) < 4.78 is 0. The maximum Gasteiger partial charge on any atom is 0.305 e. The van der Waals surface area contributed by atoms with Gasteiger partial charge in [-0.25, -0.2) is 0 Å². The van der Waals surface area contributed by atoms with Gasteiger partial charge in [0.05, 0.1) is 22.6 Å². The Morgan fingerprint density at radius 2 is 1.74 bits per heavy atom. The Morgan fingerprint density at radius 3 is 2.41 bits per heavy atom. The molecule has 6 nitrogen and oxygen atoms in total. The monoisotopic (exact) mass is 379 g/mol. The fourth-order valence-corrected chi connectivity index (χ4v) is 4.62. The molecule has 2 heterocycles. The molecule has 0 saturated carbocycles. The summed E-state index contributed by atoms with van der Waals surface area (Å²) in [5.74, 6) is -0.889. The van der Waals surface area contributed by atoms with Gasteiger partial charge in [-0.3, -0.25) is 14.7 Å². The third-order valence-corrected chi connectivity index (χ3v) is 5.91. The molecule has 7 heteroatoms. The summed E-state index contributed by atoms with van der Waals surface area (Å²) in [6.45, 7) is 0. The van der Waals surface area contributed by atoms with Crippen LogP contribution in [0.15, 0.2) is 60.7 Å². The number of amides is 1. The summed E-state index contributed by atoms with van der Waals surface area (Å²) in [5.41, 5.74) is 3.63. The zero-order valence-corrected chi connectivity index (χ0v) is 15.1. The predicted molar refractivity (Wildman–Crippen MR) is 105 cm³/mol. The molecule has 0 aliphatic carbocycles. The van der Waals surface area contributed by atoms with Gasteiger partial charge in [0.25, 0.3) is 0 Å². The number of carboxylic acids is 1. The average Bonchev–Trinajstić information content (AvgIpc) is 3.03. The molecule has 27 heavy (non-hydrogen) atoms. The van der Waals surface area contributed by atoms with Crippen LogP contribution in [0.1, 0.15) is 22.8 Å². The Kier molecular flexibility index (Phi) is 4.68. The van der Waals surface area contributed by atoms with E-state index in [1.54, 1.807) is 0 Å². The molecule has 4 rings (SSSR count). The highest BCUT2D eigenvalue weighted by atomic mass is 32.2. The number of anilines is 1. The molecular weight excluding hydrogens is 362 g/mol. The summed E-state index contributed by atoms with van der Waals surface area (Å²) in [7, 11) is 0. The van der Waals surface area contributed by atoms with Gasteiger partial charge in [0.1, 0.15) is 0 Å². The van der Waals surface area contributed by atoms with Crippen LogP contribution in [0.2, 0.25) is 0 Å². The van der Waals surface area contributed by atoms with E-state index >= 15 is 0 Å². The van der Waals surface area contributed by atoms with Gasteiger partial charge in [0.15, 0.2) is 5.82 Å². The number of hydrogen-bond donors (Lipinski definition) is 3. The lowest BCUT2D eigenvalue weighted by molar-refractivity contribution is -0.138. The van der Waals surface area contributed by atoms with Crippen LogP contribution in [0.25, 0.3) is 11.3 Å². The molecule has 0 bridgehead atoms. The van der Waals surface area contributed by atoms with E-state index in [0.717, 1.165) is 22.4 Å². The number of benzene rings is 2. The van der Waals surface area contributed by atoms with Crippen molar-refractivity contribution in [3.05, 3.63) is 71.8 Å². The lowest BCUT2D eigenvalue weighted by atomic mass is 10.00. The second-order valence-corrected chi connectivity index (χ2v) is 7.54. The van der Waals surface area contributed by atoms with Crippen LogP contribution in [0, 0.1) is 0 Å². The Balaban J connectivity index is 1.85. The van der Waals surface area contributed by atoms with Crippen molar-refractivity contribution < 1.29 is 14.7 Å². The average molecular weight is 379 g/mol. The van der Waals surface area contributed by atoms with E-state index < -0.39 is 11.2 Å². The summed E-state index contributed by atoms with van der Waals surface area (Å²) in [6.07, 6.45) is -0.242. The molecule has 1 amide bonds. The minimum Gasteiger partial charge on any atom is -0.481 e. The van der Waals surface area contributed by atoms with Crippen LogP contribution in [-0.2, 0) is 9.59 Å². The Bertz CT molecular complexity index is 973. The van der Waals surface area contributed by atoms with E-state index in [-0.39, 0.29) is 17.6 Å². The number of fused-ring (bicyclic) bond motifs is 1. The molecule has 0 radical (unpaired) electrons.